The Hall–Kier alpha value is -1.33. The molecule has 0 saturated heterocycles. The number of hydrogen-bond donors (Lipinski definition) is 1. The molecule has 0 bridgehead atoms. The molecule has 1 fully saturated rings. The Labute approximate surface area is 74.6 Å². The summed E-state index contributed by atoms with van der Waals surface area (Å²) in [6.07, 6.45) is 1.75. The fourth-order valence-electron chi connectivity index (χ4n) is 1.62. The SMILES string of the molecule is O=C(O)C1CCCCC1O[N+](=O)[O-]. The first-order valence-electron chi connectivity index (χ1n) is 4.15. The molecule has 0 heterocycles. The van der Waals surface area contributed by atoms with Crippen LogP contribution in [0.1, 0.15) is 25.7 Å². The smallest absolute Gasteiger partial charge is 0.308 e. The van der Waals surface area contributed by atoms with Gasteiger partial charge in [0.15, 0.2) is 0 Å². The summed E-state index contributed by atoms with van der Waals surface area (Å²) in [7, 11) is 0. The van der Waals surface area contributed by atoms with Gasteiger partial charge in [-0.15, -0.1) is 10.1 Å². The summed E-state index contributed by atoms with van der Waals surface area (Å²) in [5, 5.41) is 17.8. The summed E-state index contributed by atoms with van der Waals surface area (Å²) >= 11 is 0. The number of carbonyl (C=O) groups is 1. The summed E-state index contributed by atoms with van der Waals surface area (Å²) in [5.41, 5.74) is 0. The Morgan fingerprint density at radius 2 is 2.08 bits per heavy atom. The topological polar surface area (TPSA) is 89.7 Å². The number of carboxylic acids is 1. The molecule has 2 atom stereocenters. The Bertz CT molecular complexity index is 217. The van der Waals surface area contributed by atoms with Crippen molar-refractivity contribution in [3.8, 4) is 0 Å². The lowest BCUT2D eigenvalue weighted by Crippen LogP contribution is -2.34. The standard InChI is InChI=1S/C7H11NO5/c9-7(10)5-3-1-2-4-6(5)13-8(11)12/h5-6H,1-4H2,(H,9,10). The highest BCUT2D eigenvalue weighted by molar-refractivity contribution is 5.70. The number of nitrogens with zero attached hydrogens (tertiary/aromatic N) is 1. The third kappa shape index (κ3) is 2.57. The van der Waals surface area contributed by atoms with Crippen molar-refractivity contribution in [2.75, 3.05) is 0 Å². The summed E-state index contributed by atoms with van der Waals surface area (Å²) in [5.74, 6) is -1.73. The maximum Gasteiger partial charge on any atom is 0.308 e. The van der Waals surface area contributed by atoms with E-state index in [4.69, 9.17) is 5.11 Å². The predicted octanol–water partition coefficient (Wildman–Crippen LogP) is 0.838. The second-order valence-corrected chi connectivity index (χ2v) is 3.10. The molecule has 1 saturated carbocycles. The molecule has 0 radical (unpaired) electrons. The van der Waals surface area contributed by atoms with Crippen LogP contribution >= 0.6 is 0 Å². The minimum Gasteiger partial charge on any atom is -0.481 e. The zero-order valence-corrected chi connectivity index (χ0v) is 7.01. The molecule has 1 aliphatic carbocycles. The fourth-order valence-corrected chi connectivity index (χ4v) is 1.62. The van der Waals surface area contributed by atoms with Crippen molar-refractivity contribution in [2.45, 2.75) is 31.8 Å². The second kappa shape index (κ2) is 4.06. The van der Waals surface area contributed by atoms with E-state index in [1.807, 2.05) is 0 Å². The summed E-state index contributed by atoms with van der Waals surface area (Å²) < 4.78 is 0. The summed E-state index contributed by atoms with van der Waals surface area (Å²) in [6, 6.07) is 0. The van der Waals surface area contributed by atoms with Crippen LogP contribution in [-0.2, 0) is 9.63 Å². The Balaban J connectivity index is 2.56. The maximum absolute atomic E-state index is 10.6. The molecule has 6 heteroatoms. The minimum atomic E-state index is -1.01. The van der Waals surface area contributed by atoms with Gasteiger partial charge in [0.25, 0.3) is 5.09 Å². The number of rotatable bonds is 3. The van der Waals surface area contributed by atoms with Gasteiger partial charge in [-0.05, 0) is 12.8 Å². The molecule has 74 valence electrons. The van der Waals surface area contributed by atoms with E-state index in [1.54, 1.807) is 0 Å². The first-order valence-corrected chi connectivity index (χ1v) is 4.15. The van der Waals surface area contributed by atoms with E-state index < -0.39 is 23.1 Å². The molecule has 0 amide bonds. The van der Waals surface area contributed by atoms with Crippen molar-refractivity contribution >= 4 is 5.97 Å². The molecule has 1 aliphatic rings. The summed E-state index contributed by atoms with van der Waals surface area (Å²) in [6.45, 7) is 0. The van der Waals surface area contributed by atoms with Gasteiger partial charge in [0.05, 0.1) is 5.92 Å². The van der Waals surface area contributed by atoms with Crippen LogP contribution in [-0.4, -0.2) is 22.3 Å². The average Bonchev–Trinajstić information content (AvgIpc) is 2.03. The first kappa shape index (κ1) is 9.76. The maximum atomic E-state index is 10.6. The molecule has 0 aromatic rings. The number of aliphatic carboxylic acids is 1. The molecule has 1 N–H and O–H groups in total. The van der Waals surface area contributed by atoms with Crippen molar-refractivity contribution < 1.29 is 19.8 Å². The van der Waals surface area contributed by atoms with E-state index in [0.29, 0.717) is 12.8 Å². The third-order valence-electron chi connectivity index (χ3n) is 2.24. The van der Waals surface area contributed by atoms with E-state index in [-0.39, 0.29) is 0 Å². The van der Waals surface area contributed by atoms with Gasteiger partial charge in [-0.3, -0.25) is 4.79 Å². The quantitative estimate of drug-likeness (QED) is 0.524. The van der Waals surface area contributed by atoms with Gasteiger partial charge in [-0.1, -0.05) is 12.8 Å². The van der Waals surface area contributed by atoms with Crippen LogP contribution in [0.5, 0.6) is 0 Å². The van der Waals surface area contributed by atoms with Gasteiger partial charge in [-0.25, -0.2) is 0 Å². The van der Waals surface area contributed by atoms with E-state index in [9.17, 15) is 14.9 Å². The summed E-state index contributed by atoms with van der Waals surface area (Å²) in [4.78, 5) is 25.0. The van der Waals surface area contributed by atoms with Crippen LogP contribution in [0.4, 0.5) is 0 Å². The van der Waals surface area contributed by atoms with Gasteiger partial charge in [-0.2, -0.15) is 0 Å². The van der Waals surface area contributed by atoms with E-state index in [1.165, 1.54) is 0 Å². The fraction of sp³-hybridized carbons (Fsp3) is 0.857. The first-order chi connectivity index (χ1) is 6.11. The highest BCUT2D eigenvalue weighted by atomic mass is 17.0. The van der Waals surface area contributed by atoms with Crippen LogP contribution in [0.15, 0.2) is 0 Å². The largest absolute Gasteiger partial charge is 0.481 e. The molecule has 0 aromatic carbocycles. The number of carboxylic acid groups (broad SMARTS) is 1. The molecule has 0 aliphatic heterocycles. The third-order valence-corrected chi connectivity index (χ3v) is 2.24. The van der Waals surface area contributed by atoms with Gasteiger partial charge in [0.2, 0.25) is 0 Å². The van der Waals surface area contributed by atoms with Crippen molar-refractivity contribution in [1.82, 2.24) is 0 Å². The lowest BCUT2D eigenvalue weighted by molar-refractivity contribution is -0.770. The molecule has 2 unspecified atom stereocenters. The normalized spacial score (nSPS) is 28.0. The van der Waals surface area contributed by atoms with Crippen LogP contribution in [0.3, 0.4) is 0 Å². The average molecular weight is 189 g/mol. The van der Waals surface area contributed by atoms with Crippen molar-refractivity contribution in [1.29, 1.82) is 0 Å². The van der Waals surface area contributed by atoms with E-state index in [0.717, 1.165) is 12.8 Å². The zero-order valence-electron chi connectivity index (χ0n) is 7.01. The molecule has 0 aromatic heterocycles. The van der Waals surface area contributed by atoms with Crippen molar-refractivity contribution in [3.05, 3.63) is 10.1 Å². The van der Waals surface area contributed by atoms with Gasteiger partial charge >= 0.3 is 5.97 Å². The highest BCUT2D eigenvalue weighted by Gasteiger charge is 2.33. The molecular weight excluding hydrogens is 178 g/mol. The van der Waals surface area contributed by atoms with Crippen molar-refractivity contribution in [2.24, 2.45) is 5.92 Å². The Morgan fingerprint density at radius 1 is 1.46 bits per heavy atom. The van der Waals surface area contributed by atoms with Gasteiger partial charge in [0, 0.05) is 0 Å². The molecule has 13 heavy (non-hydrogen) atoms. The predicted molar refractivity (Wildman–Crippen MR) is 41.5 cm³/mol. The highest BCUT2D eigenvalue weighted by Crippen LogP contribution is 2.26. The molecule has 0 spiro atoms. The molecule has 6 nitrogen and oxygen atoms in total. The van der Waals surface area contributed by atoms with Crippen LogP contribution < -0.4 is 0 Å². The van der Waals surface area contributed by atoms with Crippen LogP contribution in [0.2, 0.25) is 0 Å². The van der Waals surface area contributed by atoms with Gasteiger partial charge in [0.1, 0.15) is 6.10 Å². The second-order valence-electron chi connectivity index (χ2n) is 3.10. The Kier molecular flexibility index (Phi) is 3.05. The zero-order chi connectivity index (χ0) is 9.84. The van der Waals surface area contributed by atoms with E-state index in [2.05, 4.69) is 4.84 Å². The molecular formula is C7H11NO5. The van der Waals surface area contributed by atoms with Crippen LogP contribution in [0, 0.1) is 16.0 Å². The number of hydrogen-bond acceptors (Lipinski definition) is 4. The lowest BCUT2D eigenvalue weighted by Gasteiger charge is -2.26. The molecule has 1 rings (SSSR count). The Morgan fingerprint density at radius 3 is 2.62 bits per heavy atom. The lowest BCUT2D eigenvalue weighted by atomic mass is 9.87. The van der Waals surface area contributed by atoms with E-state index >= 15 is 0 Å². The monoisotopic (exact) mass is 189 g/mol. The van der Waals surface area contributed by atoms with Crippen molar-refractivity contribution in [3.63, 3.8) is 0 Å². The minimum absolute atomic E-state index is 0.456. The van der Waals surface area contributed by atoms with Crippen LogP contribution in [0.25, 0.3) is 0 Å². The van der Waals surface area contributed by atoms with Gasteiger partial charge < -0.3 is 9.94 Å².